The van der Waals surface area contributed by atoms with E-state index in [-0.39, 0.29) is 5.76 Å². The number of carbonyl (C=O) groups is 1. The molecule has 1 heterocycles. The van der Waals surface area contributed by atoms with Crippen molar-refractivity contribution in [2.75, 3.05) is 7.11 Å². The van der Waals surface area contributed by atoms with Gasteiger partial charge >= 0.3 is 5.97 Å². The first kappa shape index (κ1) is 14.3. The standard InChI is InChI=1S/C12H9Cl3O4/c1-17-8-4-2-7(3-5-8)6-9-10(16)19-11(18-9)12(13,14)15/h2-6,11H,1H3/b9-6+. The molecule has 7 heteroatoms. The average molecular weight is 324 g/mol. The van der Waals surface area contributed by atoms with E-state index in [0.29, 0.717) is 5.75 Å². The number of hydrogen-bond acceptors (Lipinski definition) is 4. The fourth-order valence-electron chi connectivity index (χ4n) is 1.42. The number of esters is 1. The van der Waals surface area contributed by atoms with Gasteiger partial charge in [0.15, 0.2) is 0 Å². The van der Waals surface area contributed by atoms with Crippen LogP contribution in [0.5, 0.6) is 5.75 Å². The Labute approximate surface area is 124 Å². The Bertz CT molecular complexity index is 505. The highest BCUT2D eigenvalue weighted by Gasteiger charge is 2.44. The SMILES string of the molecule is COc1ccc(/C=C2/OC(C(Cl)(Cl)Cl)OC2=O)cc1. The minimum Gasteiger partial charge on any atom is -0.497 e. The zero-order chi connectivity index (χ0) is 14.0. The van der Waals surface area contributed by atoms with Crippen LogP contribution in [0.2, 0.25) is 0 Å². The van der Waals surface area contributed by atoms with Gasteiger partial charge in [-0.15, -0.1) is 0 Å². The maximum absolute atomic E-state index is 11.5. The van der Waals surface area contributed by atoms with Gasteiger partial charge in [0, 0.05) is 0 Å². The second-order valence-corrected chi connectivity index (χ2v) is 6.05. The summed E-state index contributed by atoms with van der Waals surface area (Å²) in [6, 6.07) is 7.01. The molecule has 0 radical (unpaired) electrons. The van der Waals surface area contributed by atoms with Crippen LogP contribution in [0.4, 0.5) is 0 Å². The van der Waals surface area contributed by atoms with Gasteiger partial charge in [-0.2, -0.15) is 0 Å². The van der Waals surface area contributed by atoms with Crippen molar-refractivity contribution < 1.29 is 19.0 Å². The molecule has 1 fully saturated rings. The predicted molar refractivity (Wildman–Crippen MR) is 72.2 cm³/mol. The van der Waals surface area contributed by atoms with Crippen LogP contribution in [0.1, 0.15) is 5.56 Å². The molecule has 0 N–H and O–H groups in total. The van der Waals surface area contributed by atoms with Gasteiger partial charge in [0.05, 0.1) is 7.11 Å². The first-order valence-corrected chi connectivity index (χ1v) is 6.33. The summed E-state index contributed by atoms with van der Waals surface area (Å²) < 4.78 is 13.2. The summed E-state index contributed by atoms with van der Waals surface area (Å²) in [6.07, 6.45) is 0.257. The number of cyclic esters (lactones) is 1. The molecule has 1 unspecified atom stereocenters. The van der Waals surface area contributed by atoms with Crippen molar-refractivity contribution >= 4 is 46.8 Å². The van der Waals surface area contributed by atoms with Gasteiger partial charge in [-0.3, -0.25) is 0 Å². The second-order valence-electron chi connectivity index (χ2n) is 3.68. The van der Waals surface area contributed by atoms with Crippen LogP contribution in [-0.2, 0) is 14.3 Å². The largest absolute Gasteiger partial charge is 0.497 e. The fourth-order valence-corrected chi connectivity index (χ4v) is 1.69. The van der Waals surface area contributed by atoms with E-state index in [1.807, 2.05) is 0 Å². The van der Waals surface area contributed by atoms with Crippen LogP contribution in [0.25, 0.3) is 6.08 Å². The number of hydrogen-bond donors (Lipinski definition) is 0. The van der Waals surface area contributed by atoms with Crippen molar-refractivity contribution in [2.45, 2.75) is 10.1 Å². The first-order chi connectivity index (χ1) is 8.90. The third kappa shape index (κ3) is 3.47. The van der Waals surface area contributed by atoms with Crippen LogP contribution in [0.15, 0.2) is 30.0 Å². The maximum Gasteiger partial charge on any atom is 0.377 e. The van der Waals surface area contributed by atoms with E-state index in [4.69, 9.17) is 49.0 Å². The van der Waals surface area contributed by atoms with Gasteiger partial charge in [-0.25, -0.2) is 4.79 Å². The first-order valence-electron chi connectivity index (χ1n) is 5.20. The number of benzene rings is 1. The summed E-state index contributed by atoms with van der Waals surface area (Å²) in [5.41, 5.74) is 0.734. The molecule has 2 rings (SSSR count). The highest BCUT2D eigenvalue weighted by molar-refractivity contribution is 6.68. The van der Waals surface area contributed by atoms with E-state index in [9.17, 15) is 4.79 Å². The van der Waals surface area contributed by atoms with Gasteiger partial charge in [0.25, 0.3) is 10.1 Å². The van der Waals surface area contributed by atoms with Crippen LogP contribution in [-0.4, -0.2) is 23.2 Å². The van der Waals surface area contributed by atoms with Crippen LogP contribution in [0.3, 0.4) is 0 Å². The summed E-state index contributed by atoms with van der Waals surface area (Å²) in [5.74, 6) is 0.0184. The molecule has 0 aromatic heterocycles. The zero-order valence-corrected chi connectivity index (χ0v) is 12.0. The lowest BCUT2D eigenvalue weighted by atomic mass is 10.2. The Morgan fingerprint density at radius 1 is 1.21 bits per heavy atom. The molecule has 0 aliphatic carbocycles. The van der Waals surface area contributed by atoms with Crippen molar-refractivity contribution in [1.29, 1.82) is 0 Å². The van der Waals surface area contributed by atoms with Gasteiger partial charge < -0.3 is 14.2 Å². The minimum atomic E-state index is -1.83. The molecule has 19 heavy (non-hydrogen) atoms. The number of halogens is 3. The summed E-state index contributed by atoms with van der Waals surface area (Å²) in [6.45, 7) is 0. The topological polar surface area (TPSA) is 44.8 Å². The zero-order valence-electron chi connectivity index (χ0n) is 9.73. The van der Waals surface area contributed by atoms with E-state index in [1.54, 1.807) is 31.4 Å². The molecule has 4 nitrogen and oxygen atoms in total. The lowest BCUT2D eigenvalue weighted by Crippen LogP contribution is -2.26. The minimum absolute atomic E-state index is 0.0125. The Morgan fingerprint density at radius 3 is 2.32 bits per heavy atom. The summed E-state index contributed by atoms with van der Waals surface area (Å²) in [7, 11) is 1.57. The van der Waals surface area contributed by atoms with Crippen molar-refractivity contribution in [3.05, 3.63) is 35.6 Å². The van der Waals surface area contributed by atoms with Gasteiger partial charge in [0.2, 0.25) is 5.76 Å². The lowest BCUT2D eigenvalue weighted by molar-refractivity contribution is -0.142. The van der Waals surface area contributed by atoms with Crippen molar-refractivity contribution in [3.63, 3.8) is 0 Å². The molecule has 0 bridgehead atoms. The van der Waals surface area contributed by atoms with E-state index in [0.717, 1.165) is 5.56 Å². The van der Waals surface area contributed by atoms with Crippen molar-refractivity contribution in [2.24, 2.45) is 0 Å². The molecular formula is C12H9Cl3O4. The van der Waals surface area contributed by atoms with Gasteiger partial charge in [0.1, 0.15) is 5.75 Å². The van der Waals surface area contributed by atoms with Crippen LogP contribution < -0.4 is 4.74 Å². The molecule has 102 valence electrons. The quantitative estimate of drug-likeness (QED) is 0.476. The average Bonchev–Trinajstić information content (AvgIpc) is 2.72. The molecule has 1 atom stereocenters. The molecule has 1 aromatic carbocycles. The molecule has 0 spiro atoms. The lowest BCUT2D eigenvalue weighted by Gasteiger charge is -2.15. The molecule has 0 saturated carbocycles. The van der Waals surface area contributed by atoms with Crippen LogP contribution in [0, 0.1) is 0 Å². The highest BCUT2D eigenvalue weighted by Crippen LogP contribution is 2.38. The third-order valence-corrected chi connectivity index (χ3v) is 2.86. The van der Waals surface area contributed by atoms with Crippen molar-refractivity contribution in [1.82, 2.24) is 0 Å². The molecule has 1 aliphatic heterocycles. The van der Waals surface area contributed by atoms with E-state index >= 15 is 0 Å². The van der Waals surface area contributed by atoms with E-state index < -0.39 is 16.1 Å². The van der Waals surface area contributed by atoms with Crippen molar-refractivity contribution in [3.8, 4) is 5.75 Å². The highest BCUT2D eigenvalue weighted by atomic mass is 35.6. The third-order valence-electron chi connectivity index (χ3n) is 2.33. The Morgan fingerprint density at radius 2 is 1.84 bits per heavy atom. The molecular weight excluding hydrogens is 314 g/mol. The Balaban J connectivity index is 2.17. The summed E-state index contributed by atoms with van der Waals surface area (Å²) in [4.78, 5) is 11.5. The number of rotatable bonds is 2. The summed E-state index contributed by atoms with van der Waals surface area (Å²) >= 11 is 16.8. The molecule has 1 aromatic rings. The van der Waals surface area contributed by atoms with Gasteiger partial charge in [-0.1, -0.05) is 46.9 Å². The predicted octanol–water partition coefficient (Wildman–Crippen LogP) is 3.31. The second kappa shape index (κ2) is 5.49. The maximum atomic E-state index is 11.5. The number of alkyl halides is 3. The van der Waals surface area contributed by atoms with Gasteiger partial charge in [-0.05, 0) is 23.8 Å². The summed E-state index contributed by atoms with van der Waals surface area (Å²) in [5, 5.41) is 0. The number of carbonyl (C=O) groups excluding carboxylic acids is 1. The molecule has 1 aliphatic rings. The van der Waals surface area contributed by atoms with Crippen LogP contribution >= 0.6 is 34.8 Å². The fraction of sp³-hybridized carbons (Fsp3) is 0.250. The Kier molecular flexibility index (Phi) is 4.13. The Hall–Kier alpha value is -1.10. The smallest absolute Gasteiger partial charge is 0.377 e. The van der Waals surface area contributed by atoms with E-state index in [2.05, 4.69) is 0 Å². The van der Waals surface area contributed by atoms with E-state index in [1.165, 1.54) is 6.08 Å². The molecule has 0 amide bonds. The number of methoxy groups -OCH3 is 1. The monoisotopic (exact) mass is 322 g/mol. The normalized spacial score (nSPS) is 21.2. The molecule has 1 saturated heterocycles. The number of ether oxygens (including phenoxy) is 3.